The number of ketones is 1. The lowest BCUT2D eigenvalue weighted by molar-refractivity contribution is -0.139. The van der Waals surface area contributed by atoms with Gasteiger partial charge in [0.1, 0.15) is 5.78 Å². The van der Waals surface area contributed by atoms with E-state index in [1.165, 1.54) is 44.1 Å². The molecule has 1 unspecified atom stereocenters. The second-order valence-electron chi connectivity index (χ2n) is 14.2. The normalized spacial score (nSPS) is 41.1. The van der Waals surface area contributed by atoms with Crippen LogP contribution >= 0.6 is 0 Å². The Balaban J connectivity index is 1.64. The number of fused-ring (bicyclic) bond motifs is 4. The Hall–Kier alpha value is -0.890. The molecule has 0 saturated heterocycles. The predicted octanol–water partition coefficient (Wildman–Crippen LogP) is 8.56. The Morgan fingerprint density at radius 2 is 1.65 bits per heavy atom. The molecule has 2 saturated carbocycles. The van der Waals surface area contributed by atoms with Crippen molar-refractivity contribution < 1.29 is 9.53 Å². The van der Waals surface area contributed by atoms with E-state index in [0.717, 1.165) is 25.2 Å². The Morgan fingerprint density at radius 3 is 2.26 bits per heavy atom. The van der Waals surface area contributed by atoms with Crippen LogP contribution in [-0.2, 0) is 9.53 Å². The van der Waals surface area contributed by atoms with Gasteiger partial charge < -0.3 is 4.74 Å². The smallest absolute Gasteiger partial charge is 0.138 e. The van der Waals surface area contributed by atoms with Crippen molar-refractivity contribution in [2.24, 2.45) is 45.3 Å². The third kappa shape index (κ3) is 3.55. The molecule has 0 amide bonds. The molecule has 0 spiro atoms. The lowest BCUT2D eigenvalue weighted by Gasteiger charge is -2.61. The van der Waals surface area contributed by atoms with E-state index in [-0.39, 0.29) is 16.9 Å². The van der Waals surface area contributed by atoms with E-state index >= 15 is 0 Å². The molecule has 0 bridgehead atoms. The predicted molar refractivity (Wildman–Crippen MR) is 143 cm³/mol. The third-order valence-corrected chi connectivity index (χ3v) is 12.3. The van der Waals surface area contributed by atoms with E-state index in [1.807, 2.05) is 12.7 Å². The van der Waals surface area contributed by atoms with Crippen LogP contribution in [0.4, 0.5) is 0 Å². The van der Waals surface area contributed by atoms with Crippen LogP contribution in [0.5, 0.6) is 0 Å². The highest BCUT2D eigenvalue weighted by molar-refractivity contribution is 5.85. The standard InChI is InChI=1S/C32H52O2/c1-20(2)22(4)26(34-10)19-21(3)23-13-17-32(9)25-11-12-27-29(5,6)28(33)15-16-30(27,7)24(25)14-18-31(23,32)8/h20-21,23,26-27H,4,11-19H2,1-3,5-10H3/t21-,23-,26+,27?,30-,31-,32+/m1/s1. The van der Waals surface area contributed by atoms with E-state index < -0.39 is 0 Å². The van der Waals surface area contributed by atoms with Crippen molar-refractivity contribution in [3.8, 4) is 0 Å². The summed E-state index contributed by atoms with van der Waals surface area (Å²) >= 11 is 0. The fourth-order valence-corrected chi connectivity index (χ4v) is 9.71. The van der Waals surface area contributed by atoms with Gasteiger partial charge in [-0.1, -0.05) is 73.1 Å². The Bertz CT molecular complexity index is 877. The highest BCUT2D eigenvalue weighted by Gasteiger charge is 2.63. The van der Waals surface area contributed by atoms with Crippen molar-refractivity contribution >= 4 is 5.78 Å². The number of hydrogen-bond donors (Lipinski definition) is 0. The molecule has 2 heteroatoms. The molecule has 0 N–H and O–H groups in total. The molecule has 192 valence electrons. The summed E-state index contributed by atoms with van der Waals surface area (Å²) < 4.78 is 5.95. The molecule has 4 aliphatic rings. The van der Waals surface area contributed by atoms with Crippen molar-refractivity contribution in [1.82, 2.24) is 0 Å². The fraction of sp³-hybridized carbons (Fsp3) is 0.844. The van der Waals surface area contributed by atoms with Gasteiger partial charge in [-0.25, -0.2) is 0 Å². The minimum atomic E-state index is -0.173. The summed E-state index contributed by atoms with van der Waals surface area (Å²) in [6.45, 7) is 23.6. The molecule has 0 aliphatic heterocycles. The van der Waals surface area contributed by atoms with Crippen molar-refractivity contribution in [3.63, 3.8) is 0 Å². The maximum atomic E-state index is 12.9. The molecule has 0 radical (unpaired) electrons. The van der Waals surface area contributed by atoms with Gasteiger partial charge in [0, 0.05) is 18.9 Å². The molecule has 7 atom stereocenters. The van der Waals surface area contributed by atoms with Gasteiger partial charge in [-0.2, -0.15) is 0 Å². The van der Waals surface area contributed by atoms with E-state index in [4.69, 9.17) is 4.74 Å². The first-order valence-electron chi connectivity index (χ1n) is 14.2. The van der Waals surface area contributed by atoms with Gasteiger partial charge in [-0.05, 0) is 96.9 Å². The molecular formula is C32H52O2. The number of ether oxygens (including phenoxy) is 1. The molecule has 2 fully saturated rings. The maximum absolute atomic E-state index is 12.9. The first-order chi connectivity index (χ1) is 15.7. The second kappa shape index (κ2) is 8.60. The van der Waals surface area contributed by atoms with Crippen LogP contribution in [0.1, 0.15) is 113 Å². The van der Waals surface area contributed by atoms with Crippen LogP contribution in [0.3, 0.4) is 0 Å². The minimum absolute atomic E-state index is 0.167. The molecule has 0 aromatic rings. The SMILES string of the molecule is C=C(C(C)C)[C@H](C[C@@H](C)[C@H]1CC[C@@]2(C)C3=C(CC[C@]12C)[C@@]1(C)CCC(=O)C(C)(C)C1CC3)OC. The van der Waals surface area contributed by atoms with Crippen LogP contribution in [0.25, 0.3) is 0 Å². The Kier molecular flexibility index (Phi) is 6.62. The Morgan fingerprint density at radius 1 is 0.971 bits per heavy atom. The second-order valence-corrected chi connectivity index (χ2v) is 14.2. The first-order valence-corrected chi connectivity index (χ1v) is 14.2. The van der Waals surface area contributed by atoms with Crippen molar-refractivity contribution in [1.29, 1.82) is 0 Å². The zero-order valence-corrected chi connectivity index (χ0v) is 23.8. The van der Waals surface area contributed by atoms with Crippen molar-refractivity contribution in [2.45, 2.75) is 119 Å². The summed E-state index contributed by atoms with van der Waals surface area (Å²) in [4.78, 5) is 12.9. The lowest BCUT2D eigenvalue weighted by Crippen LogP contribution is -2.54. The third-order valence-electron chi connectivity index (χ3n) is 12.3. The quantitative estimate of drug-likeness (QED) is 0.365. The molecule has 34 heavy (non-hydrogen) atoms. The summed E-state index contributed by atoms with van der Waals surface area (Å²) in [6.07, 6.45) is 10.7. The molecule has 0 aromatic carbocycles. The topological polar surface area (TPSA) is 26.3 Å². The fourth-order valence-electron chi connectivity index (χ4n) is 9.71. The van der Waals surface area contributed by atoms with Gasteiger partial charge in [-0.3, -0.25) is 4.79 Å². The average molecular weight is 469 g/mol. The largest absolute Gasteiger partial charge is 0.377 e. The van der Waals surface area contributed by atoms with Crippen LogP contribution < -0.4 is 0 Å². The molecule has 0 heterocycles. The zero-order chi connectivity index (χ0) is 25.3. The summed E-state index contributed by atoms with van der Waals surface area (Å²) in [6, 6.07) is 0. The number of rotatable bonds is 6. The number of carbonyl (C=O) groups excluding carboxylic acids is 1. The number of methoxy groups -OCH3 is 1. The number of carbonyl (C=O) groups is 1. The summed E-state index contributed by atoms with van der Waals surface area (Å²) in [7, 11) is 1.86. The highest BCUT2D eigenvalue weighted by atomic mass is 16.5. The molecule has 0 aromatic heterocycles. The van der Waals surface area contributed by atoms with Crippen LogP contribution in [0.15, 0.2) is 23.3 Å². The molecular weight excluding hydrogens is 416 g/mol. The van der Waals surface area contributed by atoms with E-state index in [0.29, 0.717) is 34.4 Å². The van der Waals surface area contributed by atoms with Crippen LogP contribution in [-0.4, -0.2) is 19.0 Å². The number of Topliss-reactive ketones (excluding diaryl/α,β-unsaturated/α-hetero) is 1. The lowest BCUT2D eigenvalue weighted by atomic mass is 9.43. The molecule has 2 nitrogen and oxygen atoms in total. The van der Waals surface area contributed by atoms with Crippen LogP contribution in [0.2, 0.25) is 0 Å². The summed E-state index contributed by atoms with van der Waals surface area (Å²) in [5.41, 5.74) is 5.54. The summed E-state index contributed by atoms with van der Waals surface area (Å²) in [5, 5.41) is 0. The minimum Gasteiger partial charge on any atom is -0.377 e. The van der Waals surface area contributed by atoms with E-state index in [2.05, 4.69) is 62.0 Å². The van der Waals surface area contributed by atoms with Crippen LogP contribution in [0, 0.1) is 45.3 Å². The maximum Gasteiger partial charge on any atom is 0.138 e. The average Bonchev–Trinajstić information content (AvgIpc) is 3.06. The van der Waals surface area contributed by atoms with Gasteiger partial charge >= 0.3 is 0 Å². The van der Waals surface area contributed by atoms with Gasteiger partial charge in [-0.15, -0.1) is 0 Å². The molecule has 4 rings (SSSR count). The van der Waals surface area contributed by atoms with Crippen molar-refractivity contribution in [2.75, 3.05) is 7.11 Å². The van der Waals surface area contributed by atoms with Crippen molar-refractivity contribution in [3.05, 3.63) is 23.3 Å². The Labute approximate surface area is 210 Å². The number of hydrogen-bond acceptors (Lipinski definition) is 2. The van der Waals surface area contributed by atoms with Gasteiger partial charge in [0.05, 0.1) is 6.10 Å². The summed E-state index contributed by atoms with van der Waals surface area (Å²) in [5.74, 6) is 2.84. The van der Waals surface area contributed by atoms with E-state index in [1.54, 1.807) is 5.57 Å². The zero-order valence-electron chi connectivity index (χ0n) is 23.8. The van der Waals surface area contributed by atoms with Gasteiger partial charge in [0.2, 0.25) is 0 Å². The first kappa shape index (κ1) is 26.2. The van der Waals surface area contributed by atoms with E-state index in [9.17, 15) is 4.79 Å². The highest BCUT2D eigenvalue weighted by Crippen LogP contribution is 2.72. The monoisotopic (exact) mass is 468 g/mol. The van der Waals surface area contributed by atoms with Gasteiger partial charge in [0.25, 0.3) is 0 Å². The molecule has 4 aliphatic carbocycles. The van der Waals surface area contributed by atoms with Gasteiger partial charge in [0.15, 0.2) is 0 Å². The number of allylic oxidation sites excluding steroid dienone is 2.